The van der Waals surface area contributed by atoms with E-state index in [9.17, 15) is 9.59 Å². The third-order valence-electron chi connectivity index (χ3n) is 5.96. The molecule has 6 heteroatoms. The highest BCUT2D eigenvalue weighted by molar-refractivity contribution is 5.92. The molecule has 2 amide bonds. The van der Waals surface area contributed by atoms with Crippen LogP contribution in [0.3, 0.4) is 0 Å². The minimum absolute atomic E-state index is 0.0653. The highest BCUT2D eigenvalue weighted by Gasteiger charge is 2.26. The zero-order chi connectivity index (χ0) is 21.9. The van der Waals surface area contributed by atoms with Crippen LogP contribution in [0.1, 0.15) is 24.5 Å². The van der Waals surface area contributed by atoms with Gasteiger partial charge < -0.3 is 20.4 Å². The van der Waals surface area contributed by atoms with Crippen molar-refractivity contribution in [2.45, 2.75) is 26.2 Å². The summed E-state index contributed by atoms with van der Waals surface area (Å²) in [5, 5.41) is 6.11. The molecule has 0 aliphatic carbocycles. The molecular formula is C25H36N4O2+2. The molecule has 6 nitrogen and oxygen atoms in total. The van der Waals surface area contributed by atoms with E-state index in [0.717, 1.165) is 63.2 Å². The van der Waals surface area contributed by atoms with Gasteiger partial charge in [0.15, 0.2) is 13.1 Å². The van der Waals surface area contributed by atoms with Gasteiger partial charge in [-0.05, 0) is 36.5 Å². The van der Waals surface area contributed by atoms with E-state index in [-0.39, 0.29) is 11.8 Å². The van der Waals surface area contributed by atoms with E-state index in [1.165, 1.54) is 15.4 Å². The fraction of sp³-hybridized carbons (Fsp3) is 0.440. The Kier molecular flexibility index (Phi) is 9.06. The van der Waals surface area contributed by atoms with Crippen LogP contribution in [-0.2, 0) is 22.4 Å². The third kappa shape index (κ3) is 7.81. The summed E-state index contributed by atoms with van der Waals surface area (Å²) in [4.78, 5) is 27.3. The van der Waals surface area contributed by atoms with Gasteiger partial charge in [0, 0.05) is 12.2 Å². The Balaban J connectivity index is 1.30. The molecule has 0 radical (unpaired) electrons. The molecule has 1 fully saturated rings. The Morgan fingerprint density at radius 3 is 2.13 bits per heavy atom. The van der Waals surface area contributed by atoms with E-state index < -0.39 is 0 Å². The van der Waals surface area contributed by atoms with Gasteiger partial charge in [0.1, 0.15) is 26.2 Å². The Hall–Kier alpha value is -2.70. The second-order valence-corrected chi connectivity index (χ2v) is 8.35. The third-order valence-corrected chi connectivity index (χ3v) is 5.96. The number of aryl methyl sites for hydroxylation is 2. The van der Waals surface area contributed by atoms with Crippen LogP contribution in [0.15, 0.2) is 54.6 Å². The summed E-state index contributed by atoms with van der Waals surface area (Å²) in [5.74, 6) is 0.191. The van der Waals surface area contributed by atoms with Crippen molar-refractivity contribution in [1.29, 1.82) is 0 Å². The van der Waals surface area contributed by atoms with E-state index in [4.69, 9.17) is 0 Å². The van der Waals surface area contributed by atoms with Crippen LogP contribution in [0.2, 0.25) is 0 Å². The fourth-order valence-corrected chi connectivity index (χ4v) is 4.14. The van der Waals surface area contributed by atoms with Gasteiger partial charge in [-0.15, -0.1) is 0 Å². The molecule has 166 valence electrons. The van der Waals surface area contributed by atoms with Crippen molar-refractivity contribution in [3.05, 3.63) is 65.7 Å². The van der Waals surface area contributed by atoms with Crippen molar-refractivity contribution in [3.8, 4) is 0 Å². The van der Waals surface area contributed by atoms with E-state index in [2.05, 4.69) is 35.8 Å². The maximum atomic E-state index is 12.5. The summed E-state index contributed by atoms with van der Waals surface area (Å²) in [5.41, 5.74) is 3.39. The van der Waals surface area contributed by atoms with Crippen LogP contribution in [0.25, 0.3) is 0 Å². The Labute approximate surface area is 185 Å². The zero-order valence-corrected chi connectivity index (χ0v) is 18.6. The highest BCUT2D eigenvalue weighted by Crippen LogP contribution is 2.14. The Morgan fingerprint density at radius 1 is 0.839 bits per heavy atom. The molecule has 2 aromatic rings. The number of nitrogens with one attached hydrogen (secondary N) is 4. The Bertz CT molecular complexity index is 832. The van der Waals surface area contributed by atoms with Gasteiger partial charge in [0.2, 0.25) is 0 Å². The number of benzene rings is 2. The first-order valence-corrected chi connectivity index (χ1v) is 11.5. The van der Waals surface area contributed by atoms with Crippen LogP contribution in [-0.4, -0.2) is 57.6 Å². The lowest BCUT2D eigenvalue weighted by atomic mass is 10.1. The van der Waals surface area contributed by atoms with E-state index in [1.807, 2.05) is 36.4 Å². The van der Waals surface area contributed by atoms with Gasteiger partial charge in [-0.25, -0.2) is 0 Å². The number of amides is 2. The zero-order valence-electron chi connectivity index (χ0n) is 18.6. The Morgan fingerprint density at radius 2 is 1.45 bits per heavy atom. The van der Waals surface area contributed by atoms with Gasteiger partial charge >= 0.3 is 0 Å². The van der Waals surface area contributed by atoms with Crippen LogP contribution in [0.5, 0.6) is 0 Å². The number of hydrogen-bond donors (Lipinski definition) is 4. The predicted octanol–water partition coefficient (Wildman–Crippen LogP) is -0.280. The first-order valence-electron chi connectivity index (χ1n) is 11.5. The molecule has 3 rings (SSSR count). The normalized spacial score (nSPS) is 18.4. The summed E-state index contributed by atoms with van der Waals surface area (Å²) in [7, 11) is 0. The number of para-hydroxylation sites is 1. The first-order chi connectivity index (χ1) is 15.1. The molecule has 2 aromatic carbocycles. The SMILES string of the molecule is CCc1ccccc1NC(=O)C[NH+]1CC[NH+](CC(=O)NCCCc2ccccc2)CC1. The molecule has 1 heterocycles. The van der Waals surface area contributed by atoms with Gasteiger partial charge in [0.05, 0.1) is 0 Å². The lowest BCUT2D eigenvalue weighted by Crippen LogP contribution is -3.28. The summed E-state index contributed by atoms with van der Waals surface area (Å²) in [6, 6.07) is 18.3. The topological polar surface area (TPSA) is 67.1 Å². The summed E-state index contributed by atoms with van der Waals surface area (Å²) < 4.78 is 0. The van der Waals surface area contributed by atoms with Crippen molar-refractivity contribution >= 4 is 17.5 Å². The minimum atomic E-state index is 0.0653. The lowest BCUT2D eigenvalue weighted by molar-refractivity contribution is -1.00. The second kappa shape index (κ2) is 12.2. The highest BCUT2D eigenvalue weighted by atomic mass is 16.2. The molecular weight excluding hydrogens is 388 g/mol. The molecule has 0 unspecified atom stereocenters. The minimum Gasteiger partial charge on any atom is -0.351 e. The van der Waals surface area contributed by atoms with Crippen molar-refractivity contribution < 1.29 is 19.4 Å². The van der Waals surface area contributed by atoms with Crippen molar-refractivity contribution in [3.63, 3.8) is 0 Å². The van der Waals surface area contributed by atoms with Crippen molar-refractivity contribution in [1.82, 2.24) is 5.32 Å². The molecule has 4 N–H and O–H groups in total. The molecule has 0 saturated carbocycles. The van der Waals surface area contributed by atoms with Gasteiger partial charge in [0.25, 0.3) is 11.8 Å². The average molecular weight is 425 g/mol. The lowest BCUT2D eigenvalue weighted by Gasteiger charge is -2.29. The van der Waals surface area contributed by atoms with E-state index >= 15 is 0 Å². The average Bonchev–Trinajstić information content (AvgIpc) is 2.79. The van der Waals surface area contributed by atoms with Crippen LogP contribution in [0.4, 0.5) is 5.69 Å². The second-order valence-electron chi connectivity index (χ2n) is 8.35. The molecule has 31 heavy (non-hydrogen) atoms. The number of quaternary nitrogens is 2. The number of hydrogen-bond acceptors (Lipinski definition) is 2. The number of anilines is 1. The summed E-state index contributed by atoms with van der Waals surface area (Å²) in [6.45, 7) is 7.50. The quantitative estimate of drug-likeness (QED) is 0.397. The van der Waals surface area contributed by atoms with Gasteiger partial charge in [-0.3, -0.25) is 9.59 Å². The number of piperazine rings is 1. The van der Waals surface area contributed by atoms with E-state index in [0.29, 0.717) is 13.1 Å². The molecule has 0 atom stereocenters. The van der Waals surface area contributed by atoms with Crippen molar-refractivity contribution in [2.24, 2.45) is 0 Å². The molecule has 1 aliphatic rings. The van der Waals surface area contributed by atoms with Crippen LogP contribution >= 0.6 is 0 Å². The monoisotopic (exact) mass is 424 g/mol. The van der Waals surface area contributed by atoms with E-state index in [1.54, 1.807) is 0 Å². The molecule has 0 bridgehead atoms. The first kappa shape index (κ1) is 23.0. The number of rotatable bonds is 10. The number of carbonyl (C=O) groups is 2. The molecule has 0 spiro atoms. The van der Waals surface area contributed by atoms with Crippen LogP contribution < -0.4 is 20.4 Å². The number of carbonyl (C=O) groups excluding carboxylic acids is 2. The standard InChI is InChI=1S/C25H34N4O2/c1-2-22-12-6-7-13-23(22)27-25(31)20-29-17-15-28(16-18-29)19-24(30)26-14-8-11-21-9-4-3-5-10-21/h3-7,9-10,12-13H,2,8,11,14-20H2,1H3,(H,26,30)(H,27,31)/p+2. The molecule has 0 aromatic heterocycles. The largest absolute Gasteiger partial charge is 0.351 e. The van der Waals surface area contributed by atoms with Crippen molar-refractivity contribution in [2.75, 3.05) is 51.1 Å². The predicted molar refractivity (Wildman–Crippen MR) is 123 cm³/mol. The molecule has 1 aliphatic heterocycles. The maximum Gasteiger partial charge on any atom is 0.279 e. The fourth-order valence-electron chi connectivity index (χ4n) is 4.14. The van der Waals surface area contributed by atoms with Gasteiger partial charge in [-0.2, -0.15) is 0 Å². The van der Waals surface area contributed by atoms with Crippen LogP contribution in [0, 0.1) is 0 Å². The summed E-state index contributed by atoms with van der Waals surface area (Å²) >= 11 is 0. The smallest absolute Gasteiger partial charge is 0.279 e. The molecule has 1 saturated heterocycles. The summed E-state index contributed by atoms with van der Waals surface area (Å²) in [6.07, 6.45) is 2.85. The maximum absolute atomic E-state index is 12.5. The van der Waals surface area contributed by atoms with Gasteiger partial charge in [-0.1, -0.05) is 55.5 Å².